The Morgan fingerprint density at radius 2 is 1.64 bits per heavy atom. The lowest BCUT2D eigenvalue weighted by Gasteiger charge is -2.21. The number of hydrogen-bond acceptors (Lipinski definition) is 5. The fraction of sp³-hybridized carbons (Fsp3) is 0.438. The second-order valence-corrected chi connectivity index (χ2v) is 5.85. The Morgan fingerprint density at radius 3 is 2.09 bits per heavy atom. The fourth-order valence-corrected chi connectivity index (χ4v) is 1.65. The van der Waals surface area contributed by atoms with Crippen LogP contribution in [0.5, 0.6) is 5.75 Å². The van der Waals surface area contributed by atoms with Crippen LogP contribution in [0, 0.1) is 0 Å². The Hall–Kier alpha value is -2.37. The molecule has 0 aliphatic heterocycles. The van der Waals surface area contributed by atoms with Crippen molar-refractivity contribution in [3.63, 3.8) is 0 Å². The average molecular weight is 307 g/mol. The summed E-state index contributed by atoms with van der Waals surface area (Å²) in [4.78, 5) is 34.7. The molecule has 1 unspecified atom stereocenters. The molecule has 6 heteroatoms. The molecule has 0 heterocycles. The number of Topliss-reactive ketones (excluding diaryl/α,β-unsaturated/α-hetero) is 1. The van der Waals surface area contributed by atoms with Gasteiger partial charge in [0.15, 0.2) is 5.78 Å². The van der Waals surface area contributed by atoms with Crippen LogP contribution in [0.4, 0.5) is 4.79 Å². The number of carbonyl (C=O) groups is 3. The van der Waals surface area contributed by atoms with Crippen molar-refractivity contribution in [3.8, 4) is 5.75 Å². The summed E-state index contributed by atoms with van der Waals surface area (Å²) in [5.41, 5.74) is -0.224. The van der Waals surface area contributed by atoms with E-state index in [1.807, 2.05) is 0 Å². The largest absolute Gasteiger partial charge is 0.444 e. The third-order valence-corrected chi connectivity index (χ3v) is 2.53. The number of ether oxygens (including phenoxy) is 2. The molecule has 0 fully saturated rings. The zero-order valence-corrected chi connectivity index (χ0v) is 13.4. The number of esters is 1. The molecule has 22 heavy (non-hydrogen) atoms. The van der Waals surface area contributed by atoms with Crippen LogP contribution in [0.3, 0.4) is 0 Å². The van der Waals surface area contributed by atoms with Crippen LogP contribution in [0.15, 0.2) is 24.3 Å². The summed E-state index contributed by atoms with van der Waals surface area (Å²) in [7, 11) is 0. The number of benzene rings is 1. The highest BCUT2D eigenvalue weighted by Gasteiger charge is 2.21. The summed E-state index contributed by atoms with van der Waals surface area (Å²) >= 11 is 0. The monoisotopic (exact) mass is 307 g/mol. The quantitative estimate of drug-likeness (QED) is 0.525. The van der Waals surface area contributed by atoms with Crippen molar-refractivity contribution in [1.29, 1.82) is 0 Å². The molecule has 1 atom stereocenters. The van der Waals surface area contributed by atoms with Crippen molar-refractivity contribution in [3.05, 3.63) is 29.8 Å². The zero-order chi connectivity index (χ0) is 16.9. The third-order valence-electron chi connectivity index (χ3n) is 2.53. The number of ketones is 1. The van der Waals surface area contributed by atoms with Gasteiger partial charge in [-0.15, -0.1) is 0 Å². The lowest BCUT2D eigenvalue weighted by molar-refractivity contribution is -0.131. The molecule has 1 amide bonds. The minimum Gasteiger partial charge on any atom is -0.444 e. The van der Waals surface area contributed by atoms with Gasteiger partial charge < -0.3 is 14.8 Å². The third kappa shape index (κ3) is 5.95. The van der Waals surface area contributed by atoms with E-state index in [0.29, 0.717) is 11.3 Å². The Kier molecular flexibility index (Phi) is 5.68. The van der Waals surface area contributed by atoms with Gasteiger partial charge in [-0.25, -0.2) is 4.79 Å². The van der Waals surface area contributed by atoms with Crippen molar-refractivity contribution < 1.29 is 23.9 Å². The normalized spacial score (nSPS) is 12.2. The molecule has 1 aromatic rings. The van der Waals surface area contributed by atoms with Crippen LogP contribution in [-0.4, -0.2) is 29.5 Å². The SMILES string of the molecule is CC(=O)Oc1ccc(C(=O)C(C)NC(=O)OC(C)(C)C)cc1. The van der Waals surface area contributed by atoms with E-state index in [4.69, 9.17) is 9.47 Å². The number of carbonyl (C=O) groups excluding carboxylic acids is 3. The molecule has 1 aromatic carbocycles. The van der Waals surface area contributed by atoms with Crippen LogP contribution in [-0.2, 0) is 9.53 Å². The summed E-state index contributed by atoms with van der Waals surface area (Å²) in [6.07, 6.45) is -0.648. The van der Waals surface area contributed by atoms with E-state index in [0.717, 1.165) is 0 Å². The summed E-state index contributed by atoms with van der Waals surface area (Å²) in [6, 6.07) is 5.39. The van der Waals surface area contributed by atoms with Gasteiger partial charge in [-0.3, -0.25) is 9.59 Å². The van der Waals surface area contributed by atoms with Gasteiger partial charge in [-0.1, -0.05) is 0 Å². The van der Waals surface area contributed by atoms with Crippen LogP contribution in [0.2, 0.25) is 0 Å². The first-order valence-corrected chi connectivity index (χ1v) is 6.90. The first kappa shape index (κ1) is 17.7. The van der Waals surface area contributed by atoms with Crippen LogP contribution >= 0.6 is 0 Å². The average Bonchev–Trinajstić information content (AvgIpc) is 2.35. The number of nitrogens with one attached hydrogen (secondary N) is 1. The molecule has 0 spiro atoms. The standard InChI is InChI=1S/C16H21NO5/c1-10(17-15(20)22-16(3,4)5)14(19)12-6-8-13(9-7-12)21-11(2)18/h6-10H,1-5H3,(H,17,20). The topological polar surface area (TPSA) is 81.7 Å². The molecule has 0 bridgehead atoms. The Morgan fingerprint density at radius 1 is 1.09 bits per heavy atom. The smallest absolute Gasteiger partial charge is 0.408 e. The van der Waals surface area contributed by atoms with Gasteiger partial charge in [0, 0.05) is 12.5 Å². The molecular weight excluding hydrogens is 286 g/mol. The van der Waals surface area contributed by atoms with E-state index < -0.39 is 23.7 Å². The number of amides is 1. The van der Waals surface area contributed by atoms with Gasteiger partial charge in [-0.05, 0) is 52.0 Å². The van der Waals surface area contributed by atoms with Crippen molar-refractivity contribution in [2.24, 2.45) is 0 Å². The summed E-state index contributed by atoms with van der Waals surface area (Å²) in [5.74, 6) is -0.337. The zero-order valence-electron chi connectivity index (χ0n) is 13.4. The second kappa shape index (κ2) is 7.06. The van der Waals surface area contributed by atoms with Crippen LogP contribution in [0.25, 0.3) is 0 Å². The minimum absolute atomic E-state index is 0.264. The van der Waals surface area contributed by atoms with Gasteiger partial charge >= 0.3 is 12.1 Å². The highest BCUT2D eigenvalue weighted by Crippen LogP contribution is 2.14. The van der Waals surface area contributed by atoms with Crippen LogP contribution in [0.1, 0.15) is 45.0 Å². The summed E-state index contributed by atoms with van der Waals surface area (Å²) < 4.78 is 9.99. The van der Waals surface area contributed by atoms with Crippen molar-refractivity contribution >= 4 is 17.8 Å². The van der Waals surface area contributed by atoms with E-state index in [-0.39, 0.29) is 5.78 Å². The predicted molar refractivity (Wildman–Crippen MR) is 80.9 cm³/mol. The predicted octanol–water partition coefficient (Wildman–Crippen LogP) is 2.71. The van der Waals surface area contributed by atoms with E-state index in [1.165, 1.54) is 31.2 Å². The first-order chi connectivity index (χ1) is 10.1. The lowest BCUT2D eigenvalue weighted by Crippen LogP contribution is -2.41. The summed E-state index contributed by atoms with van der Waals surface area (Å²) in [5, 5.41) is 2.49. The molecule has 120 valence electrons. The molecular formula is C16H21NO5. The molecule has 0 aliphatic rings. The Labute approximate surface area is 129 Å². The van der Waals surface area contributed by atoms with Gasteiger partial charge in [0.1, 0.15) is 11.4 Å². The molecule has 1 rings (SSSR count). The highest BCUT2D eigenvalue weighted by molar-refractivity contribution is 6.01. The summed E-state index contributed by atoms with van der Waals surface area (Å²) in [6.45, 7) is 8.10. The van der Waals surface area contributed by atoms with E-state index in [1.54, 1.807) is 27.7 Å². The minimum atomic E-state index is -0.727. The van der Waals surface area contributed by atoms with Crippen LogP contribution < -0.4 is 10.1 Å². The maximum Gasteiger partial charge on any atom is 0.408 e. The van der Waals surface area contributed by atoms with Crippen molar-refractivity contribution in [2.75, 3.05) is 0 Å². The van der Waals surface area contributed by atoms with Gasteiger partial charge in [0.2, 0.25) is 0 Å². The maximum atomic E-state index is 12.2. The second-order valence-electron chi connectivity index (χ2n) is 5.85. The van der Waals surface area contributed by atoms with E-state index in [2.05, 4.69) is 5.32 Å². The molecule has 0 aliphatic carbocycles. The van der Waals surface area contributed by atoms with Gasteiger partial charge in [0.25, 0.3) is 0 Å². The van der Waals surface area contributed by atoms with Crippen molar-refractivity contribution in [2.45, 2.75) is 46.3 Å². The highest BCUT2D eigenvalue weighted by atomic mass is 16.6. The molecule has 6 nitrogen and oxygen atoms in total. The molecule has 0 aromatic heterocycles. The van der Waals surface area contributed by atoms with Gasteiger partial charge in [0.05, 0.1) is 6.04 Å². The molecule has 0 saturated heterocycles. The maximum absolute atomic E-state index is 12.2. The number of rotatable bonds is 4. The van der Waals surface area contributed by atoms with E-state index in [9.17, 15) is 14.4 Å². The lowest BCUT2D eigenvalue weighted by atomic mass is 10.1. The first-order valence-electron chi connectivity index (χ1n) is 6.90. The Bertz CT molecular complexity index is 557. The molecule has 0 saturated carbocycles. The number of hydrogen-bond donors (Lipinski definition) is 1. The fourth-order valence-electron chi connectivity index (χ4n) is 1.65. The van der Waals surface area contributed by atoms with Crippen molar-refractivity contribution in [1.82, 2.24) is 5.32 Å². The molecule has 0 radical (unpaired) electrons. The Balaban J connectivity index is 2.66. The van der Waals surface area contributed by atoms with E-state index >= 15 is 0 Å². The van der Waals surface area contributed by atoms with Gasteiger partial charge in [-0.2, -0.15) is 0 Å². The number of alkyl carbamates (subject to hydrolysis) is 1. The molecule has 1 N–H and O–H groups in total.